The van der Waals surface area contributed by atoms with Gasteiger partial charge < -0.3 is 10.0 Å². The third-order valence-corrected chi connectivity index (χ3v) is 4.98. The lowest BCUT2D eigenvalue weighted by atomic mass is 10.2. The quantitative estimate of drug-likeness (QED) is 0.860. The molecule has 1 aliphatic rings. The number of carbonyl (C=O) groups excluding carboxylic acids is 1. The molecule has 2 unspecified atom stereocenters. The Morgan fingerprint density at radius 3 is 2.85 bits per heavy atom. The summed E-state index contributed by atoms with van der Waals surface area (Å²) in [4.78, 5) is 29.0. The molecule has 1 aliphatic heterocycles. The van der Waals surface area contributed by atoms with Crippen LogP contribution < -0.4 is 0 Å². The van der Waals surface area contributed by atoms with Crippen LogP contribution in [0.25, 0.3) is 0 Å². The highest BCUT2D eigenvalue weighted by Crippen LogP contribution is 2.34. The molecular formula is C12H12Cl2N2O3S. The van der Waals surface area contributed by atoms with E-state index in [0.29, 0.717) is 12.2 Å². The Hall–Kier alpha value is -0.980. The van der Waals surface area contributed by atoms with Crippen LogP contribution in [0.4, 0.5) is 0 Å². The maximum Gasteiger partial charge on any atom is 0.327 e. The maximum atomic E-state index is 12.6. The minimum Gasteiger partial charge on any atom is -0.480 e. The molecule has 1 amide bonds. The first-order valence-corrected chi connectivity index (χ1v) is 7.74. The number of halogens is 2. The number of nitrogens with zero attached hydrogens (tertiary/aromatic N) is 2. The molecule has 0 spiro atoms. The molecular weight excluding hydrogens is 323 g/mol. The van der Waals surface area contributed by atoms with Crippen LogP contribution in [-0.2, 0) is 4.79 Å². The normalized spacial score (nSPS) is 22.1. The number of hydrogen-bond acceptors (Lipinski definition) is 4. The Balaban J connectivity index is 2.38. The average molecular weight is 335 g/mol. The number of carbonyl (C=O) groups is 2. The summed E-state index contributed by atoms with van der Waals surface area (Å²) >= 11 is 13.2. The van der Waals surface area contributed by atoms with Crippen molar-refractivity contribution in [2.24, 2.45) is 0 Å². The van der Waals surface area contributed by atoms with Crippen molar-refractivity contribution in [1.82, 2.24) is 9.88 Å². The van der Waals surface area contributed by atoms with E-state index in [1.54, 1.807) is 0 Å². The number of aliphatic carboxylic acids is 1. The molecule has 2 atom stereocenters. The zero-order chi connectivity index (χ0) is 14.9. The van der Waals surface area contributed by atoms with E-state index in [1.807, 2.05) is 6.92 Å². The standard InChI is InChI=1S/C12H12Cl2N2O3S/c1-2-10-16(8(5-20-10)12(18)19)11(17)6-3-9(14)15-4-7(6)13/h3-4,8,10H,2,5H2,1H3,(H,18,19). The van der Waals surface area contributed by atoms with Gasteiger partial charge in [-0.25, -0.2) is 9.78 Å². The summed E-state index contributed by atoms with van der Waals surface area (Å²) in [5.41, 5.74) is 0.180. The Morgan fingerprint density at radius 1 is 1.55 bits per heavy atom. The zero-order valence-corrected chi connectivity index (χ0v) is 12.9. The molecule has 0 aromatic carbocycles. The highest BCUT2D eigenvalue weighted by Gasteiger charge is 2.41. The molecule has 1 saturated heterocycles. The largest absolute Gasteiger partial charge is 0.480 e. The molecule has 20 heavy (non-hydrogen) atoms. The molecule has 0 bridgehead atoms. The highest BCUT2D eigenvalue weighted by molar-refractivity contribution is 8.00. The SMILES string of the molecule is CCC1SCC(C(=O)O)N1C(=O)c1cc(Cl)ncc1Cl. The summed E-state index contributed by atoms with van der Waals surface area (Å²) in [6.45, 7) is 1.91. The second-order valence-corrected chi connectivity index (χ2v) is 6.25. The number of thioether (sulfide) groups is 1. The van der Waals surface area contributed by atoms with Gasteiger partial charge in [0.25, 0.3) is 5.91 Å². The molecule has 5 nitrogen and oxygen atoms in total. The fourth-order valence-corrected chi connectivity index (χ4v) is 3.75. The minimum atomic E-state index is -1.02. The van der Waals surface area contributed by atoms with Crippen LogP contribution in [0.3, 0.4) is 0 Å². The minimum absolute atomic E-state index is 0.143. The van der Waals surface area contributed by atoms with Gasteiger partial charge in [0.1, 0.15) is 11.2 Å². The third kappa shape index (κ3) is 2.87. The summed E-state index contributed by atoms with van der Waals surface area (Å²) in [5.74, 6) is -1.07. The van der Waals surface area contributed by atoms with Gasteiger partial charge in [-0.2, -0.15) is 0 Å². The van der Waals surface area contributed by atoms with E-state index in [0.717, 1.165) is 0 Å². The Bertz CT molecular complexity index is 556. The highest BCUT2D eigenvalue weighted by atomic mass is 35.5. The lowest BCUT2D eigenvalue weighted by Gasteiger charge is -2.27. The first kappa shape index (κ1) is 15.4. The molecule has 1 N–H and O–H groups in total. The van der Waals surface area contributed by atoms with Gasteiger partial charge >= 0.3 is 5.97 Å². The van der Waals surface area contributed by atoms with Crippen molar-refractivity contribution in [3.05, 3.63) is 28.0 Å². The van der Waals surface area contributed by atoms with Crippen molar-refractivity contribution in [1.29, 1.82) is 0 Å². The summed E-state index contributed by atoms with van der Waals surface area (Å²) in [6, 6.07) is 0.515. The van der Waals surface area contributed by atoms with Gasteiger partial charge in [-0.15, -0.1) is 11.8 Å². The van der Waals surface area contributed by atoms with E-state index in [2.05, 4.69) is 4.98 Å². The third-order valence-electron chi connectivity index (χ3n) is 3.01. The second kappa shape index (κ2) is 6.20. The topological polar surface area (TPSA) is 70.5 Å². The van der Waals surface area contributed by atoms with Gasteiger partial charge in [-0.1, -0.05) is 30.1 Å². The summed E-state index contributed by atoms with van der Waals surface area (Å²) in [6.07, 6.45) is 1.95. The number of rotatable bonds is 3. The number of aromatic nitrogens is 1. The van der Waals surface area contributed by atoms with E-state index in [1.165, 1.54) is 28.9 Å². The van der Waals surface area contributed by atoms with Crippen molar-refractivity contribution >= 4 is 46.8 Å². The van der Waals surface area contributed by atoms with Crippen molar-refractivity contribution in [2.75, 3.05) is 5.75 Å². The van der Waals surface area contributed by atoms with Gasteiger partial charge in [-0.05, 0) is 12.5 Å². The fourth-order valence-electron chi connectivity index (χ4n) is 2.06. The van der Waals surface area contributed by atoms with Gasteiger partial charge in [-0.3, -0.25) is 4.79 Å². The van der Waals surface area contributed by atoms with Gasteiger partial charge in [0, 0.05) is 11.9 Å². The smallest absolute Gasteiger partial charge is 0.327 e. The second-order valence-electron chi connectivity index (χ2n) is 4.25. The molecule has 0 radical (unpaired) electrons. The molecule has 1 aromatic rings. The van der Waals surface area contributed by atoms with E-state index in [9.17, 15) is 14.7 Å². The predicted molar refractivity (Wildman–Crippen MR) is 78.4 cm³/mol. The molecule has 0 aliphatic carbocycles. The average Bonchev–Trinajstić information content (AvgIpc) is 2.84. The molecule has 0 saturated carbocycles. The van der Waals surface area contributed by atoms with Crippen molar-refractivity contribution in [2.45, 2.75) is 24.8 Å². The van der Waals surface area contributed by atoms with Gasteiger partial charge in [0.05, 0.1) is 16.0 Å². The lowest BCUT2D eigenvalue weighted by molar-refractivity contribution is -0.141. The zero-order valence-electron chi connectivity index (χ0n) is 10.5. The van der Waals surface area contributed by atoms with Crippen LogP contribution in [0.2, 0.25) is 10.2 Å². The van der Waals surface area contributed by atoms with E-state index < -0.39 is 17.9 Å². The predicted octanol–water partition coefficient (Wildman–Crippen LogP) is 2.77. The summed E-state index contributed by atoms with van der Waals surface area (Å²) < 4.78 is 0. The molecule has 1 aromatic heterocycles. The Morgan fingerprint density at radius 2 is 2.25 bits per heavy atom. The number of hydrogen-bond donors (Lipinski definition) is 1. The molecule has 1 fully saturated rings. The molecule has 2 heterocycles. The van der Waals surface area contributed by atoms with E-state index >= 15 is 0 Å². The van der Waals surface area contributed by atoms with Crippen molar-refractivity contribution in [3.63, 3.8) is 0 Å². The van der Waals surface area contributed by atoms with Crippen molar-refractivity contribution < 1.29 is 14.7 Å². The maximum absolute atomic E-state index is 12.6. The summed E-state index contributed by atoms with van der Waals surface area (Å²) in [5, 5.41) is 9.37. The van der Waals surface area contributed by atoms with Crippen LogP contribution in [0.5, 0.6) is 0 Å². The Labute approximate surface area is 130 Å². The monoisotopic (exact) mass is 334 g/mol. The number of amides is 1. The van der Waals surface area contributed by atoms with Gasteiger partial charge in [0.15, 0.2) is 0 Å². The fraction of sp³-hybridized carbons (Fsp3) is 0.417. The number of carboxylic acids is 1. The van der Waals surface area contributed by atoms with Crippen LogP contribution >= 0.6 is 35.0 Å². The lowest BCUT2D eigenvalue weighted by Crippen LogP contribution is -2.45. The van der Waals surface area contributed by atoms with Crippen LogP contribution in [0.15, 0.2) is 12.3 Å². The Kier molecular flexibility index (Phi) is 4.78. The van der Waals surface area contributed by atoms with Crippen LogP contribution in [0.1, 0.15) is 23.7 Å². The van der Waals surface area contributed by atoms with E-state index in [-0.39, 0.29) is 21.1 Å². The van der Waals surface area contributed by atoms with Gasteiger partial charge in [0.2, 0.25) is 0 Å². The molecule has 108 valence electrons. The molecule has 2 rings (SSSR count). The van der Waals surface area contributed by atoms with Crippen molar-refractivity contribution in [3.8, 4) is 0 Å². The molecule has 8 heteroatoms. The first-order chi connectivity index (χ1) is 9.45. The number of carboxylic acid groups (broad SMARTS) is 1. The van der Waals surface area contributed by atoms with Crippen LogP contribution in [-0.4, -0.2) is 44.0 Å². The van der Waals surface area contributed by atoms with Crippen LogP contribution in [0, 0.1) is 0 Å². The summed E-state index contributed by atoms with van der Waals surface area (Å²) in [7, 11) is 0. The van der Waals surface area contributed by atoms with E-state index in [4.69, 9.17) is 23.2 Å². The first-order valence-electron chi connectivity index (χ1n) is 5.93. The number of pyridine rings is 1.